The van der Waals surface area contributed by atoms with Crippen LogP contribution in [0.1, 0.15) is 12.5 Å². The number of fused-ring (bicyclic) bond motifs is 2. The van der Waals surface area contributed by atoms with Crippen LogP contribution in [-0.2, 0) is 36.3 Å². The molecule has 4 aromatic heterocycles. The third-order valence-corrected chi connectivity index (χ3v) is 11.4. The lowest BCUT2D eigenvalue weighted by Crippen LogP contribution is -2.34. The summed E-state index contributed by atoms with van der Waals surface area (Å²) in [5.74, 6) is 0.0207. The van der Waals surface area contributed by atoms with Gasteiger partial charge in [-0.05, 0) is 0 Å². The molecule has 4 aromatic rings. The highest BCUT2D eigenvalue weighted by molar-refractivity contribution is 7.71. The van der Waals surface area contributed by atoms with E-state index in [0.717, 1.165) is 0 Å². The Hall–Kier alpha value is -2.73. The van der Waals surface area contributed by atoms with Gasteiger partial charge in [0.15, 0.2) is 33.6 Å². The van der Waals surface area contributed by atoms with Gasteiger partial charge in [0.2, 0.25) is 0 Å². The number of nitrogens with zero attached hydrogens (tertiary/aromatic N) is 6. The van der Waals surface area contributed by atoms with E-state index >= 15 is 0 Å². The number of phosphoric acid groups is 3. The number of nitrogens with two attached hydrogens (primary N) is 2. The number of anilines is 2. The lowest BCUT2D eigenvalue weighted by atomic mass is 10.1. The SMILES string of the molecule is Nc1nc(=S)c2ncn([C@@H]3O[C@H](CO)C(O)[C@@H]3O)c2[nH]1.Nc1nc(=S)c2ncn([C@@H]3O[C@H](COP(=O)([O-])OP(=O)([O-])OP(=O)([O-])O)C(O)[C@@H]3O)c2[nH]1. The zero-order valence-corrected chi connectivity index (χ0v) is 29.7. The van der Waals surface area contributed by atoms with Crippen molar-refractivity contribution in [1.29, 1.82) is 0 Å². The quantitative estimate of drug-likeness (QED) is 0.0535. The summed E-state index contributed by atoms with van der Waals surface area (Å²) in [5.41, 5.74) is 12.4. The van der Waals surface area contributed by atoms with E-state index in [1.54, 1.807) is 0 Å². The largest absolute Gasteiger partial charge is 0.756 e. The van der Waals surface area contributed by atoms with Gasteiger partial charge in [-0.2, -0.15) is 0 Å². The van der Waals surface area contributed by atoms with Gasteiger partial charge in [-0.15, -0.1) is 0 Å². The normalized spacial score (nSPS) is 29.7. The molecule has 0 spiro atoms. The lowest BCUT2D eigenvalue weighted by molar-refractivity contribution is -0.250. The van der Waals surface area contributed by atoms with Crippen molar-refractivity contribution < 1.29 is 81.4 Å². The van der Waals surface area contributed by atoms with Gasteiger partial charge in [0.05, 0.1) is 25.9 Å². The first-order chi connectivity index (χ1) is 24.1. The van der Waals surface area contributed by atoms with E-state index in [4.69, 9.17) is 55.4 Å². The molecule has 11 atom stereocenters. The molecule has 27 nitrogen and oxygen atoms in total. The first-order valence-corrected chi connectivity index (χ1v) is 19.2. The predicted molar refractivity (Wildman–Crippen MR) is 166 cm³/mol. The Morgan fingerprint density at radius 2 is 1.23 bits per heavy atom. The molecule has 288 valence electrons. The van der Waals surface area contributed by atoms with E-state index < -0.39 is 85.8 Å². The van der Waals surface area contributed by atoms with Gasteiger partial charge in [-0.3, -0.25) is 22.8 Å². The molecule has 2 aliphatic heterocycles. The van der Waals surface area contributed by atoms with Crippen LogP contribution >= 0.6 is 47.9 Å². The maximum absolute atomic E-state index is 11.6. The van der Waals surface area contributed by atoms with Crippen molar-refractivity contribution in [2.24, 2.45) is 0 Å². The lowest BCUT2D eigenvalue weighted by Gasteiger charge is -2.33. The average molecular weight is 836 g/mol. The number of aromatic amines is 2. The minimum atomic E-state index is -6.09. The van der Waals surface area contributed by atoms with Crippen molar-refractivity contribution in [1.82, 2.24) is 39.0 Å². The van der Waals surface area contributed by atoms with Crippen LogP contribution in [0.4, 0.5) is 11.9 Å². The van der Waals surface area contributed by atoms with E-state index in [1.165, 1.54) is 21.8 Å². The topological polar surface area (TPSA) is 433 Å². The predicted octanol–water partition coefficient (Wildman–Crippen LogP) is -4.18. The Morgan fingerprint density at radius 1 is 0.788 bits per heavy atom. The number of imidazole rings is 2. The van der Waals surface area contributed by atoms with E-state index in [2.05, 4.69) is 43.0 Å². The van der Waals surface area contributed by atoms with Gasteiger partial charge in [0.25, 0.3) is 23.5 Å². The van der Waals surface area contributed by atoms with Gasteiger partial charge in [-0.1, -0.05) is 24.4 Å². The second-order valence-electron chi connectivity index (χ2n) is 10.6. The van der Waals surface area contributed by atoms with Gasteiger partial charge >= 0.3 is 0 Å². The van der Waals surface area contributed by atoms with Crippen molar-refractivity contribution >= 4 is 82.1 Å². The molecule has 2 fully saturated rings. The van der Waals surface area contributed by atoms with Crippen molar-refractivity contribution in [3.63, 3.8) is 0 Å². The summed E-state index contributed by atoms with van der Waals surface area (Å²) in [6, 6.07) is 0. The van der Waals surface area contributed by atoms with Gasteiger partial charge < -0.3 is 80.5 Å². The van der Waals surface area contributed by atoms with Gasteiger partial charge in [-0.25, -0.2) is 28.6 Å². The molecule has 0 aliphatic carbocycles. The van der Waals surface area contributed by atoms with Gasteiger partial charge in [0, 0.05) is 0 Å². The molecule has 12 N–H and O–H groups in total. The van der Waals surface area contributed by atoms with Crippen LogP contribution in [0.15, 0.2) is 12.7 Å². The molecule has 0 amide bonds. The van der Waals surface area contributed by atoms with Crippen molar-refractivity contribution in [2.75, 3.05) is 24.7 Å². The number of hydrogen-bond donors (Lipinski definition) is 10. The number of nitrogen functional groups attached to an aromatic ring is 2. The van der Waals surface area contributed by atoms with Crippen molar-refractivity contribution in [2.45, 2.75) is 49.1 Å². The van der Waals surface area contributed by atoms with E-state index in [1.807, 2.05) is 0 Å². The molecular formula is C20H26N10O17P3S2-3. The van der Waals surface area contributed by atoms with Crippen LogP contribution in [0.3, 0.4) is 0 Å². The minimum Gasteiger partial charge on any atom is -0.756 e. The molecule has 6 rings (SSSR count). The fourth-order valence-electron chi connectivity index (χ4n) is 4.95. The van der Waals surface area contributed by atoms with E-state index in [9.17, 15) is 48.8 Å². The smallest absolute Gasteiger partial charge is 0.280 e. The number of rotatable bonds is 10. The Labute approximate surface area is 297 Å². The Balaban J connectivity index is 0.000000223. The van der Waals surface area contributed by atoms with E-state index in [0.29, 0.717) is 11.2 Å². The highest BCUT2D eigenvalue weighted by atomic mass is 32.1. The third kappa shape index (κ3) is 8.79. The second kappa shape index (κ2) is 15.2. The number of phosphoric ester groups is 1. The van der Waals surface area contributed by atoms with Crippen LogP contribution in [-0.4, -0.2) is 119 Å². The first-order valence-electron chi connectivity index (χ1n) is 13.9. The first kappa shape index (κ1) is 40.5. The summed E-state index contributed by atoms with van der Waals surface area (Å²) in [6.07, 6.45) is -7.88. The summed E-state index contributed by atoms with van der Waals surface area (Å²) < 4.78 is 57.8. The highest BCUT2D eigenvalue weighted by Crippen LogP contribution is 2.61. The fourth-order valence-corrected chi connectivity index (χ4v) is 8.34. The highest BCUT2D eigenvalue weighted by Gasteiger charge is 2.45. The zero-order valence-electron chi connectivity index (χ0n) is 25.4. The zero-order chi connectivity index (χ0) is 38.5. The number of aromatic nitrogens is 8. The molecule has 0 saturated carbocycles. The number of ether oxygens (including phenoxy) is 2. The summed E-state index contributed by atoms with van der Waals surface area (Å²) in [6.45, 7) is -1.48. The molecule has 6 heterocycles. The number of H-pyrrole nitrogens is 2. The molecule has 2 aliphatic rings. The Bertz CT molecular complexity index is 2210. The second-order valence-corrected chi connectivity index (χ2v) is 15.7. The third-order valence-electron chi connectivity index (χ3n) is 7.13. The van der Waals surface area contributed by atoms with Crippen molar-refractivity contribution in [3.8, 4) is 0 Å². The molecule has 32 heteroatoms. The van der Waals surface area contributed by atoms with Crippen molar-refractivity contribution in [3.05, 3.63) is 21.9 Å². The Morgan fingerprint density at radius 3 is 1.65 bits per heavy atom. The molecule has 0 bridgehead atoms. The molecule has 52 heavy (non-hydrogen) atoms. The van der Waals surface area contributed by atoms with Crippen LogP contribution in [0.2, 0.25) is 0 Å². The maximum atomic E-state index is 11.6. The monoisotopic (exact) mass is 835 g/mol. The van der Waals surface area contributed by atoms with E-state index in [-0.39, 0.29) is 32.3 Å². The number of hydrogen-bond acceptors (Lipinski definition) is 24. The molecule has 0 radical (unpaired) electrons. The fraction of sp³-hybridized carbons (Fsp3) is 0.500. The molecule has 0 aromatic carbocycles. The number of aliphatic hydroxyl groups excluding tert-OH is 5. The minimum absolute atomic E-state index is 0.0297. The van der Waals surface area contributed by atoms with Gasteiger partial charge in [0.1, 0.15) is 59.0 Å². The molecule has 5 unspecified atom stereocenters. The van der Waals surface area contributed by atoms with Crippen LogP contribution in [0.5, 0.6) is 0 Å². The van der Waals surface area contributed by atoms with Crippen LogP contribution in [0, 0.1) is 9.28 Å². The van der Waals surface area contributed by atoms with Crippen LogP contribution in [0.25, 0.3) is 22.3 Å². The summed E-state index contributed by atoms with van der Waals surface area (Å²) in [5, 5.41) is 49.3. The molecular weight excluding hydrogens is 809 g/mol. The molecule has 2 saturated heterocycles. The number of nitrogens with one attached hydrogen (secondary N) is 2. The summed E-state index contributed by atoms with van der Waals surface area (Å²) in [4.78, 5) is 62.8. The summed E-state index contributed by atoms with van der Waals surface area (Å²) in [7, 11) is -17.8. The Kier molecular flexibility index (Phi) is 11.8. The average Bonchev–Trinajstić information content (AvgIpc) is 3.76. The number of aliphatic hydroxyl groups is 5. The summed E-state index contributed by atoms with van der Waals surface area (Å²) >= 11 is 10.1. The standard InChI is InChI=1S/C10H16N5O13P3S.C10H13N5O4S/c11-10-13-7-4(8(32)14-10)12-2-15(7)9-6(17)5(16)3(26-9)1-25-30(21,22)28-31(23,24)27-29(18,19)20;11-10-13-7-4(8(20)14-10)12-2-15(7)9-6(18)5(17)3(1-16)19-9/h2-3,5-6,9,16-17H,1H2,(H,21,22)(H,23,24)(H2,18,19,20)(H3,11,13,14,32);2-3,5-6,9,16-18H,1H2,(H3,11,13,14,20)/p-3/t2*3-,5?,6+,9-/m11/s1. The van der Waals surface area contributed by atoms with Crippen LogP contribution < -0.4 is 26.1 Å². The maximum Gasteiger partial charge on any atom is 0.280 e.